The van der Waals surface area contributed by atoms with Crippen LogP contribution in [-0.2, 0) is 5.41 Å². The number of nitrogens with zero attached hydrogens (tertiary/aromatic N) is 3. The number of hydrogen-bond donors (Lipinski definition) is 1. The van der Waals surface area contributed by atoms with Crippen molar-refractivity contribution in [2.45, 2.75) is 57.9 Å². The van der Waals surface area contributed by atoms with Crippen LogP contribution in [0.2, 0.25) is 5.02 Å². The van der Waals surface area contributed by atoms with Gasteiger partial charge in [-0.3, -0.25) is 0 Å². The second-order valence-electron chi connectivity index (χ2n) is 8.20. The van der Waals surface area contributed by atoms with Crippen molar-refractivity contribution >= 4 is 23.1 Å². The molecule has 2 heterocycles. The molecule has 1 fully saturated rings. The second kappa shape index (κ2) is 6.58. The van der Waals surface area contributed by atoms with Gasteiger partial charge in [-0.15, -0.1) is 0 Å². The number of anilines is 1. The molecule has 136 valence electrons. The Hall–Kier alpha value is -2.07. The summed E-state index contributed by atoms with van der Waals surface area (Å²) in [6, 6.07) is 10.5. The molecule has 1 N–H and O–H groups in total. The number of halogens is 1. The van der Waals surface area contributed by atoms with E-state index >= 15 is 0 Å². The van der Waals surface area contributed by atoms with Gasteiger partial charge in [0.05, 0.1) is 11.9 Å². The minimum absolute atomic E-state index is 0.0323. The number of fused-ring (bicyclic) bond motifs is 1. The molecule has 4 rings (SSSR count). The van der Waals surface area contributed by atoms with Crippen LogP contribution in [0.15, 0.2) is 36.5 Å². The highest BCUT2D eigenvalue weighted by Crippen LogP contribution is 2.31. The van der Waals surface area contributed by atoms with Gasteiger partial charge in [-0.1, -0.05) is 57.3 Å². The van der Waals surface area contributed by atoms with Crippen LogP contribution >= 0.6 is 11.6 Å². The third-order valence-corrected chi connectivity index (χ3v) is 5.35. The van der Waals surface area contributed by atoms with Crippen molar-refractivity contribution in [2.24, 2.45) is 0 Å². The fraction of sp³-hybridized carbons (Fsp3) is 0.429. The Morgan fingerprint density at radius 1 is 1.12 bits per heavy atom. The summed E-state index contributed by atoms with van der Waals surface area (Å²) < 4.78 is 1.94. The summed E-state index contributed by atoms with van der Waals surface area (Å²) >= 11 is 6.05. The highest BCUT2D eigenvalue weighted by molar-refractivity contribution is 6.30. The first kappa shape index (κ1) is 17.3. The summed E-state index contributed by atoms with van der Waals surface area (Å²) in [7, 11) is 0. The highest BCUT2D eigenvalue weighted by atomic mass is 35.5. The maximum Gasteiger partial charge on any atom is 0.165 e. The van der Waals surface area contributed by atoms with E-state index in [0.29, 0.717) is 6.04 Å². The van der Waals surface area contributed by atoms with Crippen LogP contribution < -0.4 is 5.32 Å². The Kier molecular flexibility index (Phi) is 4.39. The highest BCUT2D eigenvalue weighted by Gasteiger charge is 2.22. The predicted molar refractivity (Wildman–Crippen MR) is 108 cm³/mol. The fourth-order valence-corrected chi connectivity index (χ4v) is 3.69. The number of rotatable bonds is 3. The molecule has 1 aromatic carbocycles. The third-order valence-electron chi connectivity index (χ3n) is 5.10. The smallest absolute Gasteiger partial charge is 0.165 e. The van der Waals surface area contributed by atoms with Gasteiger partial charge in [0.2, 0.25) is 0 Å². The zero-order chi connectivity index (χ0) is 18.3. The van der Waals surface area contributed by atoms with Gasteiger partial charge in [-0.05, 0) is 30.5 Å². The molecule has 1 aliphatic rings. The zero-order valence-corrected chi connectivity index (χ0v) is 16.3. The molecular weight excluding hydrogens is 344 g/mol. The molecule has 0 saturated heterocycles. The Morgan fingerprint density at radius 3 is 2.46 bits per heavy atom. The Morgan fingerprint density at radius 2 is 1.81 bits per heavy atom. The van der Waals surface area contributed by atoms with E-state index in [1.807, 2.05) is 35.0 Å². The van der Waals surface area contributed by atoms with Gasteiger partial charge in [-0.25, -0.2) is 4.98 Å². The lowest BCUT2D eigenvalue weighted by Crippen LogP contribution is -2.20. The van der Waals surface area contributed by atoms with Gasteiger partial charge in [-0.2, -0.15) is 9.61 Å². The van der Waals surface area contributed by atoms with E-state index in [1.165, 1.54) is 25.7 Å². The van der Waals surface area contributed by atoms with Crippen LogP contribution in [0.5, 0.6) is 0 Å². The molecule has 1 aliphatic carbocycles. The van der Waals surface area contributed by atoms with Gasteiger partial charge < -0.3 is 5.32 Å². The van der Waals surface area contributed by atoms with E-state index in [0.717, 1.165) is 33.3 Å². The van der Waals surface area contributed by atoms with Gasteiger partial charge in [0, 0.05) is 28.1 Å². The number of benzene rings is 1. The molecule has 26 heavy (non-hydrogen) atoms. The quantitative estimate of drug-likeness (QED) is 0.644. The van der Waals surface area contributed by atoms with Gasteiger partial charge in [0.1, 0.15) is 5.82 Å². The lowest BCUT2D eigenvalue weighted by atomic mass is 9.92. The monoisotopic (exact) mass is 368 g/mol. The second-order valence-corrected chi connectivity index (χ2v) is 8.64. The van der Waals surface area contributed by atoms with Crippen molar-refractivity contribution in [1.82, 2.24) is 14.6 Å². The van der Waals surface area contributed by atoms with E-state index in [1.54, 1.807) is 0 Å². The SMILES string of the molecule is CC(C)(C)c1cc(NC2CCCC2)n2ncc(-c3ccc(Cl)cc3)c2n1. The number of nitrogens with one attached hydrogen (secondary N) is 1. The van der Waals surface area contributed by atoms with E-state index in [9.17, 15) is 0 Å². The van der Waals surface area contributed by atoms with Crippen molar-refractivity contribution in [3.8, 4) is 11.1 Å². The van der Waals surface area contributed by atoms with Crippen molar-refractivity contribution < 1.29 is 0 Å². The molecule has 0 amide bonds. The molecule has 2 aromatic heterocycles. The molecule has 0 radical (unpaired) electrons. The first-order chi connectivity index (χ1) is 12.4. The van der Waals surface area contributed by atoms with Crippen molar-refractivity contribution in [3.63, 3.8) is 0 Å². The van der Waals surface area contributed by atoms with Crippen molar-refractivity contribution in [1.29, 1.82) is 0 Å². The first-order valence-corrected chi connectivity index (χ1v) is 9.71. The molecule has 0 atom stereocenters. The number of hydrogen-bond acceptors (Lipinski definition) is 3. The summed E-state index contributed by atoms with van der Waals surface area (Å²) in [5, 5.41) is 9.08. The molecule has 5 heteroatoms. The van der Waals surface area contributed by atoms with E-state index in [-0.39, 0.29) is 5.41 Å². The summed E-state index contributed by atoms with van der Waals surface area (Å²) in [6.45, 7) is 6.59. The predicted octanol–water partition coefficient (Wildman–Crippen LogP) is 5.70. The lowest BCUT2D eigenvalue weighted by molar-refractivity contribution is 0.568. The van der Waals surface area contributed by atoms with E-state index in [4.69, 9.17) is 16.6 Å². The minimum Gasteiger partial charge on any atom is -0.367 e. The average Bonchev–Trinajstić information content (AvgIpc) is 3.24. The molecule has 1 saturated carbocycles. The van der Waals surface area contributed by atoms with E-state index < -0.39 is 0 Å². The zero-order valence-electron chi connectivity index (χ0n) is 15.6. The van der Waals surface area contributed by atoms with Crippen molar-refractivity contribution in [2.75, 3.05) is 5.32 Å². The van der Waals surface area contributed by atoms with Crippen LogP contribution in [0.4, 0.5) is 5.82 Å². The topological polar surface area (TPSA) is 42.2 Å². The molecule has 0 unspecified atom stereocenters. The summed E-state index contributed by atoms with van der Waals surface area (Å²) in [4.78, 5) is 4.97. The Balaban J connectivity index is 1.86. The van der Waals surface area contributed by atoms with E-state index in [2.05, 4.69) is 37.3 Å². The molecule has 0 bridgehead atoms. The van der Waals surface area contributed by atoms with Gasteiger partial charge >= 0.3 is 0 Å². The van der Waals surface area contributed by atoms with Gasteiger partial charge in [0.25, 0.3) is 0 Å². The maximum atomic E-state index is 6.05. The van der Waals surface area contributed by atoms with Crippen LogP contribution in [-0.4, -0.2) is 20.6 Å². The van der Waals surface area contributed by atoms with Crippen LogP contribution in [0.1, 0.15) is 52.1 Å². The Labute approximate surface area is 159 Å². The van der Waals surface area contributed by atoms with Gasteiger partial charge in [0.15, 0.2) is 5.65 Å². The van der Waals surface area contributed by atoms with Crippen molar-refractivity contribution in [3.05, 3.63) is 47.2 Å². The third kappa shape index (κ3) is 3.30. The van der Waals surface area contributed by atoms with Crippen LogP contribution in [0.25, 0.3) is 16.8 Å². The Bertz CT molecular complexity index is 916. The normalized spacial score (nSPS) is 15.7. The largest absolute Gasteiger partial charge is 0.367 e. The standard InChI is InChI=1S/C21H25ClN4/c1-21(2,3)18-12-19(24-16-6-4-5-7-16)26-20(25-18)17(13-23-26)14-8-10-15(22)11-9-14/h8-13,16,24H,4-7H2,1-3H3. The molecule has 4 nitrogen and oxygen atoms in total. The fourth-order valence-electron chi connectivity index (χ4n) is 3.56. The summed E-state index contributed by atoms with van der Waals surface area (Å²) in [5.74, 6) is 1.03. The van der Waals surface area contributed by atoms with Crippen LogP contribution in [0, 0.1) is 0 Å². The molecular formula is C21H25ClN4. The minimum atomic E-state index is -0.0323. The lowest BCUT2D eigenvalue weighted by Gasteiger charge is -2.21. The number of aromatic nitrogens is 3. The van der Waals surface area contributed by atoms with Crippen LogP contribution in [0.3, 0.4) is 0 Å². The molecule has 0 aliphatic heterocycles. The summed E-state index contributed by atoms with van der Waals surface area (Å²) in [5.41, 5.74) is 4.04. The maximum absolute atomic E-state index is 6.05. The average molecular weight is 369 g/mol. The summed E-state index contributed by atoms with van der Waals surface area (Å²) in [6.07, 6.45) is 6.94. The molecule has 3 aromatic rings. The molecule has 0 spiro atoms. The first-order valence-electron chi connectivity index (χ1n) is 9.33.